The molecule has 2 heterocycles. The summed E-state index contributed by atoms with van der Waals surface area (Å²) in [5, 5.41) is 11.9. The van der Waals surface area contributed by atoms with Crippen molar-refractivity contribution in [1.82, 2.24) is 4.98 Å². The van der Waals surface area contributed by atoms with E-state index in [1.165, 1.54) is 18.2 Å². The molecule has 106 valence electrons. The standard InChI is InChI=1S/C16H9N3O3/c17-9-11-5-3-6-12(18-11)15(20)19-13-8-10-4-1-2-7-14(10)22-16(13)21/h1-8H,(H,19,20). The van der Waals surface area contributed by atoms with Crippen LogP contribution in [0.4, 0.5) is 5.69 Å². The molecule has 22 heavy (non-hydrogen) atoms. The summed E-state index contributed by atoms with van der Waals surface area (Å²) in [4.78, 5) is 27.8. The van der Waals surface area contributed by atoms with Gasteiger partial charge in [0.1, 0.15) is 28.7 Å². The molecule has 1 amide bonds. The third kappa shape index (κ3) is 2.55. The summed E-state index contributed by atoms with van der Waals surface area (Å²) in [5.41, 5.74) is -0.0174. The van der Waals surface area contributed by atoms with E-state index >= 15 is 0 Å². The topological polar surface area (TPSA) is 96.0 Å². The molecule has 0 aliphatic rings. The number of carbonyl (C=O) groups excluding carboxylic acids is 1. The molecule has 0 aliphatic heterocycles. The molecule has 6 heteroatoms. The third-order valence-electron chi connectivity index (χ3n) is 2.99. The van der Waals surface area contributed by atoms with Crippen LogP contribution >= 0.6 is 0 Å². The molecule has 3 rings (SSSR count). The first-order chi connectivity index (χ1) is 10.7. The lowest BCUT2D eigenvalue weighted by atomic mass is 10.2. The van der Waals surface area contributed by atoms with Gasteiger partial charge in [-0.25, -0.2) is 9.78 Å². The first-order valence-electron chi connectivity index (χ1n) is 6.39. The fourth-order valence-electron chi connectivity index (χ4n) is 1.96. The van der Waals surface area contributed by atoms with Gasteiger partial charge in [0.15, 0.2) is 0 Å². The van der Waals surface area contributed by atoms with E-state index in [-0.39, 0.29) is 17.1 Å². The molecule has 0 aliphatic carbocycles. The number of benzene rings is 1. The van der Waals surface area contributed by atoms with E-state index in [0.717, 1.165) is 0 Å². The largest absolute Gasteiger partial charge is 0.421 e. The molecule has 1 aromatic carbocycles. The number of hydrogen-bond donors (Lipinski definition) is 1. The molecule has 0 saturated carbocycles. The number of amides is 1. The van der Waals surface area contributed by atoms with Gasteiger partial charge in [0.25, 0.3) is 5.91 Å². The van der Waals surface area contributed by atoms with Gasteiger partial charge >= 0.3 is 5.63 Å². The summed E-state index contributed by atoms with van der Waals surface area (Å²) < 4.78 is 5.13. The monoisotopic (exact) mass is 291 g/mol. The van der Waals surface area contributed by atoms with E-state index in [1.807, 2.05) is 6.07 Å². The Bertz CT molecular complexity index is 970. The second kappa shape index (κ2) is 5.50. The Labute approximate surface area is 124 Å². The van der Waals surface area contributed by atoms with Crippen molar-refractivity contribution in [2.45, 2.75) is 0 Å². The van der Waals surface area contributed by atoms with Crippen molar-refractivity contribution in [3.8, 4) is 6.07 Å². The first-order valence-corrected chi connectivity index (χ1v) is 6.39. The van der Waals surface area contributed by atoms with Crippen LogP contribution in [-0.4, -0.2) is 10.9 Å². The van der Waals surface area contributed by atoms with Gasteiger partial charge in [-0.15, -0.1) is 0 Å². The van der Waals surface area contributed by atoms with Crippen LogP contribution in [0.15, 0.2) is 57.7 Å². The first kappa shape index (κ1) is 13.5. The summed E-state index contributed by atoms with van der Waals surface area (Å²) in [7, 11) is 0. The zero-order valence-corrected chi connectivity index (χ0v) is 11.2. The molecular weight excluding hydrogens is 282 g/mol. The molecule has 2 aromatic heterocycles. The molecule has 1 N–H and O–H groups in total. The summed E-state index contributed by atoms with van der Waals surface area (Å²) in [6.45, 7) is 0. The van der Waals surface area contributed by atoms with Gasteiger partial charge in [0, 0.05) is 5.39 Å². The SMILES string of the molecule is N#Cc1cccc(C(=O)Nc2cc3ccccc3oc2=O)n1. The molecule has 3 aromatic rings. The molecule has 6 nitrogen and oxygen atoms in total. The number of para-hydroxylation sites is 1. The van der Waals surface area contributed by atoms with Crippen LogP contribution in [-0.2, 0) is 0 Å². The normalized spacial score (nSPS) is 10.1. The van der Waals surface area contributed by atoms with Crippen molar-refractivity contribution in [1.29, 1.82) is 5.26 Å². The van der Waals surface area contributed by atoms with Gasteiger partial charge in [0.2, 0.25) is 0 Å². The van der Waals surface area contributed by atoms with Crippen molar-refractivity contribution < 1.29 is 9.21 Å². The fourth-order valence-corrected chi connectivity index (χ4v) is 1.96. The maximum atomic E-state index is 12.1. The second-order valence-electron chi connectivity index (χ2n) is 4.46. The Morgan fingerprint density at radius 1 is 1.18 bits per heavy atom. The minimum absolute atomic E-state index is 0.0212. The predicted octanol–water partition coefficient (Wildman–Crippen LogP) is 2.31. The highest BCUT2D eigenvalue weighted by Crippen LogP contribution is 2.15. The number of aromatic nitrogens is 1. The van der Waals surface area contributed by atoms with Crippen LogP contribution in [0.25, 0.3) is 11.0 Å². The number of hydrogen-bond acceptors (Lipinski definition) is 5. The molecule has 0 spiro atoms. The van der Waals surface area contributed by atoms with Crippen molar-refractivity contribution in [3.05, 3.63) is 70.3 Å². The summed E-state index contributed by atoms with van der Waals surface area (Å²) in [6.07, 6.45) is 0. The third-order valence-corrected chi connectivity index (χ3v) is 2.99. The van der Waals surface area contributed by atoms with Crippen LogP contribution in [0, 0.1) is 11.3 Å². The van der Waals surface area contributed by atoms with Crippen LogP contribution in [0.3, 0.4) is 0 Å². The fraction of sp³-hybridized carbons (Fsp3) is 0. The van der Waals surface area contributed by atoms with E-state index in [0.29, 0.717) is 11.0 Å². The summed E-state index contributed by atoms with van der Waals surface area (Å²) in [5.74, 6) is -0.584. The molecule has 0 saturated heterocycles. The number of fused-ring (bicyclic) bond motifs is 1. The van der Waals surface area contributed by atoms with Crippen LogP contribution in [0.2, 0.25) is 0 Å². The Hall–Kier alpha value is -3.46. The minimum Gasteiger partial charge on any atom is -0.421 e. The lowest BCUT2D eigenvalue weighted by Crippen LogP contribution is -2.19. The highest BCUT2D eigenvalue weighted by molar-refractivity contribution is 6.03. The van der Waals surface area contributed by atoms with Crippen LogP contribution < -0.4 is 10.9 Å². The van der Waals surface area contributed by atoms with E-state index in [2.05, 4.69) is 10.3 Å². The quantitative estimate of drug-likeness (QED) is 0.731. The second-order valence-corrected chi connectivity index (χ2v) is 4.46. The number of anilines is 1. The van der Waals surface area contributed by atoms with E-state index in [4.69, 9.17) is 9.68 Å². The Morgan fingerprint density at radius 2 is 2.00 bits per heavy atom. The Balaban J connectivity index is 1.95. The summed E-state index contributed by atoms with van der Waals surface area (Å²) in [6, 6.07) is 14.9. The zero-order chi connectivity index (χ0) is 15.5. The average molecular weight is 291 g/mol. The lowest BCUT2D eigenvalue weighted by molar-refractivity contribution is 0.102. The number of nitrogens with one attached hydrogen (secondary N) is 1. The molecule has 0 bridgehead atoms. The Morgan fingerprint density at radius 3 is 2.82 bits per heavy atom. The van der Waals surface area contributed by atoms with Gasteiger partial charge in [0.05, 0.1) is 0 Å². The van der Waals surface area contributed by atoms with Crippen molar-refractivity contribution in [2.75, 3.05) is 5.32 Å². The maximum Gasteiger partial charge on any atom is 0.360 e. The minimum atomic E-state index is -0.650. The highest BCUT2D eigenvalue weighted by Gasteiger charge is 2.12. The molecule has 0 radical (unpaired) electrons. The number of nitriles is 1. The summed E-state index contributed by atoms with van der Waals surface area (Å²) >= 11 is 0. The molecule has 0 atom stereocenters. The predicted molar refractivity (Wildman–Crippen MR) is 79.4 cm³/mol. The zero-order valence-electron chi connectivity index (χ0n) is 11.2. The number of nitrogens with zero attached hydrogens (tertiary/aromatic N) is 2. The van der Waals surface area contributed by atoms with Crippen molar-refractivity contribution >= 4 is 22.6 Å². The van der Waals surface area contributed by atoms with E-state index < -0.39 is 11.5 Å². The van der Waals surface area contributed by atoms with Gasteiger partial charge < -0.3 is 9.73 Å². The van der Waals surface area contributed by atoms with Gasteiger partial charge in [-0.1, -0.05) is 24.3 Å². The molecule has 0 unspecified atom stereocenters. The maximum absolute atomic E-state index is 12.1. The number of carbonyl (C=O) groups is 1. The highest BCUT2D eigenvalue weighted by atomic mass is 16.4. The molecule has 0 fully saturated rings. The van der Waals surface area contributed by atoms with Gasteiger partial charge in [-0.2, -0.15) is 5.26 Å². The lowest BCUT2D eigenvalue weighted by Gasteiger charge is -2.04. The van der Waals surface area contributed by atoms with E-state index in [1.54, 1.807) is 30.3 Å². The number of rotatable bonds is 2. The molecular formula is C16H9N3O3. The number of pyridine rings is 1. The van der Waals surface area contributed by atoms with Crippen LogP contribution in [0.1, 0.15) is 16.2 Å². The van der Waals surface area contributed by atoms with Crippen LogP contribution in [0.5, 0.6) is 0 Å². The Kier molecular flexibility index (Phi) is 3.38. The van der Waals surface area contributed by atoms with Crippen molar-refractivity contribution in [2.24, 2.45) is 0 Å². The van der Waals surface area contributed by atoms with Gasteiger partial charge in [-0.05, 0) is 24.3 Å². The van der Waals surface area contributed by atoms with E-state index in [9.17, 15) is 9.59 Å². The van der Waals surface area contributed by atoms with Crippen molar-refractivity contribution in [3.63, 3.8) is 0 Å². The van der Waals surface area contributed by atoms with Gasteiger partial charge in [-0.3, -0.25) is 4.79 Å². The average Bonchev–Trinajstić information content (AvgIpc) is 2.55. The smallest absolute Gasteiger partial charge is 0.360 e.